The van der Waals surface area contributed by atoms with Crippen molar-refractivity contribution in [2.24, 2.45) is 0 Å². The van der Waals surface area contributed by atoms with E-state index in [4.69, 9.17) is 0 Å². The van der Waals surface area contributed by atoms with Gasteiger partial charge in [-0.3, -0.25) is 0 Å². The monoisotopic (exact) mass is 489 g/mol. The van der Waals surface area contributed by atoms with Crippen molar-refractivity contribution in [1.82, 2.24) is 14.5 Å². The third-order valence-electron chi connectivity index (χ3n) is 5.78. The average Bonchev–Trinajstić information content (AvgIpc) is 3.29. The summed E-state index contributed by atoms with van der Waals surface area (Å²) in [6, 6.07) is 11.2. The van der Waals surface area contributed by atoms with Crippen LogP contribution in [0.3, 0.4) is 0 Å². The number of aliphatic hydroxyl groups excluding tert-OH is 1. The van der Waals surface area contributed by atoms with Crippen LogP contribution in [0.5, 0.6) is 5.75 Å². The van der Waals surface area contributed by atoms with Crippen molar-refractivity contribution in [3.05, 3.63) is 71.9 Å². The number of nitrogens with zero attached hydrogens (tertiary/aromatic N) is 3. The number of imidazole rings is 1. The van der Waals surface area contributed by atoms with Crippen LogP contribution in [0.15, 0.2) is 59.8 Å². The van der Waals surface area contributed by atoms with Crippen LogP contribution in [-0.4, -0.2) is 40.9 Å². The number of aromatic nitrogens is 3. The summed E-state index contributed by atoms with van der Waals surface area (Å²) in [6.45, 7) is -3.02. The fourth-order valence-corrected chi connectivity index (χ4v) is 4.88. The molecule has 2 atom stereocenters. The lowest BCUT2D eigenvalue weighted by Crippen LogP contribution is -2.10. The highest BCUT2D eigenvalue weighted by molar-refractivity contribution is 7.90. The molecule has 2 aromatic carbocycles. The number of sulfone groups is 1. The second-order valence-corrected chi connectivity index (χ2v) is 9.96. The molecular formula is C23H18F3N3O4S. The Kier molecular flexibility index (Phi) is 5.33. The van der Waals surface area contributed by atoms with Crippen LogP contribution in [-0.2, 0) is 9.84 Å². The molecule has 3 heterocycles. The van der Waals surface area contributed by atoms with Gasteiger partial charge in [0.05, 0.1) is 17.1 Å². The molecule has 0 spiro atoms. The highest BCUT2D eigenvalue weighted by Gasteiger charge is 2.36. The van der Waals surface area contributed by atoms with Crippen LogP contribution in [0.2, 0.25) is 0 Å². The van der Waals surface area contributed by atoms with E-state index in [0.29, 0.717) is 16.6 Å². The molecule has 7 nitrogen and oxygen atoms in total. The van der Waals surface area contributed by atoms with Gasteiger partial charge in [-0.1, -0.05) is 18.2 Å². The van der Waals surface area contributed by atoms with E-state index in [0.717, 1.165) is 6.26 Å². The van der Waals surface area contributed by atoms with Gasteiger partial charge in [0.15, 0.2) is 14.9 Å². The molecule has 34 heavy (non-hydrogen) atoms. The second-order valence-electron chi connectivity index (χ2n) is 8.00. The first kappa shape index (κ1) is 22.4. The zero-order valence-electron chi connectivity index (χ0n) is 17.7. The van der Waals surface area contributed by atoms with Crippen LogP contribution >= 0.6 is 0 Å². The largest absolute Gasteiger partial charge is 0.434 e. The highest BCUT2D eigenvalue weighted by atomic mass is 32.2. The van der Waals surface area contributed by atoms with Crippen molar-refractivity contribution >= 4 is 20.9 Å². The number of hydrogen-bond donors (Lipinski definition) is 1. The van der Waals surface area contributed by atoms with Crippen molar-refractivity contribution in [3.63, 3.8) is 0 Å². The van der Waals surface area contributed by atoms with Gasteiger partial charge in [-0.15, -0.1) is 0 Å². The summed E-state index contributed by atoms with van der Waals surface area (Å²) >= 11 is 0. The Hall–Kier alpha value is -3.44. The predicted molar refractivity (Wildman–Crippen MR) is 117 cm³/mol. The molecule has 0 saturated heterocycles. The molecule has 1 aliphatic heterocycles. The lowest BCUT2D eigenvalue weighted by atomic mass is 10.0. The number of hydrogen-bond acceptors (Lipinski definition) is 6. The van der Waals surface area contributed by atoms with Gasteiger partial charge in [0.2, 0.25) is 0 Å². The standard InChI is InChI=1S/C23H18F3N3O4S/c1-34(31,32)21-7-6-12(11-27-21)14-8-18-16(9-15(14)24)28-22-19(30)10-17(29(18)22)13-4-2-3-5-20(13)33-23(25)26/h2-9,11,17,19,23,30H,10H2,1H3. The van der Waals surface area contributed by atoms with Gasteiger partial charge >= 0.3 is 6.61 Å². The minimum absolute atomic E-state index is 0.0210. The Morgan fingerprint density at radius 3 is 2.62 bits per heavy atom. The molecular weight excluding hydrogens is 471 g/mol. The summed E-state index contributed by atoms with van der Waals surface area (Å²) < 4.78 is 70.6. The summed E-state index contributed by atoms with van der Waals surface area (Å²) in [4.78, 5) is 8.29. The van der Waals surface area contributed by atoms with Gasteiger partial charge in [0.25, 0.3) is 0 Å². The number of halogens is 3. The Morgan fingerprint density at radius 1 is 1.18 bits per heavy atom. The number of aliphatic hydroxyl groups is 1. The molecule has 0 amide bonds. The zero-order chi connectivity index (χ0) is 24.2. The average molecular weight is 489 g/mol. The first-order valence-electron chi connectivity index (χ1n) is 10.2. The van der Waals surface area contributed by atoms with Crippen molar-refractivity contribution in [2.45, 2.75) is 30.2 Å². The van der Waals surface area contributed by atoms with Gasteiger partial charge in [-0.25, -0.2) is 22.8 Å². The SMILES string of the molecule is CS(=O)(=O)c1ccc(-c2cc3c(cc2F)nc2n3C(c3ccccc3OC(F)F)CC2O)cn1. The number of rotatable bonds is 5. The number of para-hydroxylation sites is 1. The van der Waals surface area contributed by atoms with Gasteiger partial charge < -0.3 is 14.4 Å². The van der Waals surface area contributed by atoms with Crippen molar-refractivity contribution in [1.29, 1.82) is 0 Å². The molecule has 4 aromatic rings. The van der Waals surface area contributed by atoms with Crippen LogP contribution < -0.4 is 4.74 Å². The maximum absolute atomic E-state index is 15.0. The Bertz CT molecular complexity index is 1500. The quantitative estimate of drug-likeness (QED) is 0.450. The minimum Gasteiger partial charge on any atom is -0.434 e. The van der Waals surface area contributed by atoms with E-state index in [-0.39, 0.29) is 34.1 Å². The fourth-order valence-electron chi connectivity index (χ4n) is 4.32. The van der Waals surface area contributed by atoms with E-state index >= 15 is 0 Å². The van der Waals surface area contributed by atoms with E-state index in [1.807, 2.05) is 0 Å². The van der Waals surface area contributed by atoms with Gasteiger partial charge in [-0.05, 0) is 24.3 Å². The molecule has 2 aromatic heterocycles. The molecule has 5 rings (SSSR count). The van der Waals surface area contributed by atoms with E-state index in [1.54, 1.807) is 22.8 Å². The van der Waals surface area contributed by atoms with Gasteiger partial charge in [0, 0.05) is 41.6 Å². The molecule has 0 bridgehead atoms. The first-order valence-corrected chi connectivity index (χ1v) is 12.1. The molecule has 1 aliphatic rings. The molecule has 2 unspecified atom stereocenters. The summed E-state index contributed by atoms with van der Waals surface area (Å²) in [6.07, 6.45) is 1.48. The number of pyridine rings is 1. The minimum atomic E-state index is -3.51. The molecule has 0 fully saturated rings. The normalized spacial score (nSPS) is 17.9. The van der Waals surface area contributed by atoms with E-state index in [9.17, 15) is 26.7 Å². The molecule has 11 heteroatoms. The lowest BCUT2D eigenvalue weighted by molar-refractivity contribution is -0.0507. The number of ether oxygens (including phenoxy) is 1. The molecule has 1 N–H and O–H groups in total. The van der Waals surface area contributed by atoms with Crippen molar-refractivity contribution < 1.29 is 31.4 Å². The lowest BCUT2D eigenvalue weighted by Gasteiger charge is -2.19. The Labute approximate surface area is 192 Å². The number of alkyl halides is 2. The molecule has 0 saturated carbocycles. The number of fused-ring (bicyclic) bond motifs is 3. The highest BCUT2D eigenvalue weighted by Crippen LogP contribution is 2.44. The topological polar surface area (TPSA) is 94.3 Å². The maximum atomic E-state index is 15.0. The summed E-state index contributed by atoms with van der Waals surface area (Å²) in [5.74, 6) is -0.341. The van der Waals surface area contributed by atoms with Crippen molar-refractivity contribution in [3.8, 4) is 16.9 Å². The molecule has 176 valence electrons. The summed E-state index contributed by atoms with van der Waals surface area (Å²) in [5, 5.41) is 10.5. The second kappa shape index (κ2) is 8.10. The van der Waals surface area contributed by atoms with Crippen LogP contribution in [0.25, 0.3) is 22.2 Å². The van der Waals surface area contributed by atoms with Gasteiger partial charge in [-0.2, -0.15) is 8.78 Å². The fraction of sp³-hybridized carbons (Fsp3) is 0.217. The van der Waals surface area contributed by atoms with Crippen LogP contribution in [0.1, 0.15) is 30.0 Å². The summed E-state index contributed by atoms with van der Waals surface area (Å²) in [5.41, 5.74) is 1.70. The van der Waals surface area contributed by atoms with Crippen LogP contribution in [0.4, 0.5) is 13.2 Å². The smallest absolute Gasteiger partial charge is 0.387 e. The molecule has 0 radical (unpaired) electrons. The van der Waals surface area contributed by atoms with E-state index in [1.165, 1.54) is 36.5 Å². The predicted octanol–water partition coefficient (Wildman–Crippen LogP) is 4.27. The van der Waals surface area contributed by atoms with Gasteiger partial charge in [0.1, 0.15) is 23.5 Å². The van der Waals surface area contributed by atoms with Crippen LogP contribution in [0, 0.1) is 5.82 Å². The summed E-state index contributed by atoms with van der Waals surface area (Å²) in [7, 11) is -3.51. The number of benzene rings is 2. The maximum Gasteiger partial charge on any atom is 0.387 e. The third kappa shape index (κ3) is 3.80. The van der Waals surface area contributed by atoms with E-state index < -0.39 is 34.4 Å². The Balaban J connectivity index is 1.65. The van der Waals surface area contributed by atoms with Crippen molar-refractivity contribution in [2.75, 3.05) is 6.26 Å². The molecule has 0 aliphatic carbocycles. The van der Waals surface area contributed by atoms with E-state index in [2.05, 4.69) is 14.7 Å². The Morgan fingerprint density at radius 2 is 1.94 bits per heavy atom. The first-order chi connectivity index (χ1) is 16.1. The zero-order valence-corrected chi connectivity index (χ0v) is 18.5. The third-order valence-corrected chi connectivity index (χ3v) is 6.78.